The van der Waals surface area contributed by atoms with E-state index in [4.69, 9.17) is 9.98 Å². The number of anilines is 1. The molecule has 0 radical (unpaired) electrons. The maximum absolute atomic E-state index is 13.4. The molecule has 6 heteroatoms. The number of hydrogen-bond donors (Lipinski definition) is 1. The topological polar surface area (TPSA) is 53.8 Å². The van der Waals surface area contributed by atoms with Crippen LogP contribution in [-0.2, 0) is 4.79 Å². The highest BCUT2D eigenvalue weighted by Crippen LogP contribution is 2.33. The molecule has 0 aromatic heterocycles. The number of hydrogen-bond acceptors (Lipinski definition) is 4. The van der Waals surface area contributed by atoms with E-state index in [0.29, 0.717) is 6.42 Å². The molecule has 1 aliphatic heterocycles. The number of nitrogens with zero attached hydrogens (tertiary/aromatic N) is 2. The average molecular weight is 432 g/mol. The van der Waals surface area contributed by atoms with Crippen molar-refractivity contribution in [2.24, 2.45) is 9.98 Å². The largest absolute Gasteiger partial charge is 0.325 e. The average Bonchev–Trinajstić information content (AvgIpc) is 2.95. The lowest BCUT2D eigenvalue weighted by molar-refractivity contribution is -0.113. The van der Waals surface area contributed by atoms with Crippen molar-refractivity contribution in [3.63, 3.8) is 0 Å². The number of para-hydroxylation sites is 3. The van der Waals surface area contributed by atoms with E-state index >= 15 is 0 Å². The first-order valence-electron chi connectivity index (χ1n) is 9.98. The molecule has 0 fully saturated rings. The number of nitrogens with one attached hydrogen (secondary N) is 1. The fourth-order valence-corrected chi connectivity index (χ4v) is 4.16. The summed E-state index contributed by atoms with van der Waals surface area (Å²) in [5.41, 5.74) is 6.08. The van der Waals surface area contributed by atoms with Crippen molar-refractivity contribution in [2.45, 2.75) is 20.3 Å². The first-order chi connectivity index (χ1) is 15.0. The zero-order chi connectivity index (χ0) is 21.8. The molecule has 1 heterocycles. The zero-order valence-corrected chi connectivity index (χ0v) is 18.2. The number of rotatable bonds is 4. The Kier molecular flexibility index (Phi) is 6.28. The molecule has 1 aliphatic rings. The van der Waals surface area contributed by atoms with Crippen LogP contribution in [0.25, 0.3) is 0 Å². The Bertz CT molecular complexity index is 1170. The molecule has 3 aromatic carbocycles. The number of halogens is 1. The zero-order valence-electron chi connectivity index (χ0n) is 17.4. The Morgan fingerprint density at radius 1 is 0.935 bits per heavy atom. The molecule has 0 saturated carbocycles. The molecular weight excluding hydrogens is 409 g/mol. The van der Waals surface area contributed by atoms with Gasteiger partial charge in [0.15, 0.2) is 0 Å². The molecule has 0 unspecified atom stereocenters. The molecule has 1 N–H and O–H groups in total. The van der Waals surface area contributed by atoms with E-state index in [2.05, 4.69) is 5.32 Å². The minimum atomic E-state index is -0.287. The highest BCUT2D eigenvalue weighted by Gasteiger charge is 2.17. The van der Waals surface area contributed by atoms with Gasteiger partial charge in [0, 0.05) is 12.1 Å². The fraction of sp³-hybridized carbons (Fsp3) is 0.160. The summed E-state index contributed by atoms with van der Waals surface area (Å²) in [5.74, 6) is -0.126. The van der Waals surface area contributed by atoms with Crippen molar-refractivity contribution in [3.05, 3.63) is 89.2 Å². The van der Waals surface area contributed by atoms with Crippen LogP contribution >= 0.6 is 11.8 Å². The van der Waals surface area contributed by atoms with Gasteiger partial charge in [0.1, 0.15) is 5.82 Å². The Balaban J connectivity index is 1.54. The Hall–Kier alpha value is -3.25. The van der Waals surface area contributed by atoms with Gasteiger partial charge in [-0.05, 0) is 54.8 Å². The van der Waals surface area contributed by atoms with Crippen LogP contribution in [0.5, 0.6) is 0 Å². The van der Waals surface area contributed by atoms with Crippen LogP contribution in [-0.4, -0.2) is 22.4 Å². The second-order valence-electron chi connectivity index (χ2n) is 7.34. The van der Waals surface area contributed by atoms with E-state index < -0.39 is 0 Å². The third-order valence-electron chi connectivity index (χ3n) is 4.99. The second kappa shape index (κ2) is 9.27. The molecule has 0 atom stereocenters. The summed E-state index contributed by atoms with van der Waals surface area (Å²) in [4.78, 5) is 22.2. The van der Waals surface area contributed by atoms with E-state index in [-0.39, 0.29) is 17.5 Å². The summed E-state index contributed by atoms with van der Waals surface area (Å²) < 4.78 is 13.4. The number of benzene rings is 3. The smallest absolute Gasteiger partial charge is 0.234 e. The van der Waals surface area contributed by atoms with Gasteiger partial charge in [0.05, 0.1) is 27.9 Å². The number of fused-ring (bicyclic) bond motifs is 1. The molecule has 0 spiro atoms. The van der Waals surface area contributed by atoms with Gasteiger partial charge in [-0.2, -0.15) is 0 Å². The number of aryl methyl sites for hydroxylation is 2. The van der Waals surface area contributed by atoms with Gasteiger partial charge in [-0.1, -0.05) is 42.5 Å². The number of aliphatic imine (C=N–C) groups is 2. The van der Waals surface area contributed by atoms with Gasteiger partial charge < -0.3 is 5.32 Å². The lowest BCUT2D eigenvalue weighted by Crippen LogP contribution is -2.17. The molecule has 4 rings (SSSR count). The molecule has 4 nitrogen and oxygen atoms in total. The van der Waals surface area contributed by atoms with Crippen molar-refractivity contribution in [1.29, 1.82) is 0 Å². The fourth-order valence-electron chi connectivity index (χ4n) is 3.38. The maximum atomic E-state index is 13.4. The quantitative estimate of drug-likeness (QED) is 0.522. The Labute approximate surface area is 185 Å². The molecular formula is C25H22FN3OS. The van der Waals surface area contributed by atoms with Crippen molar-refractivity contribution >= 4 is 45.5 Å². The van der Waals surface area contributed by atoms with Crippen molar-refractivity contribution in [3.8, 4) is 0 Å². The third kappa shape index (κ3) is 5.09. The van der Waals surface area contributed by atoms with Crippen LogP contribution in [0, 0.1) is 19.7 Å². The molecule has 0 bridgehead atoms. The highest BCUT2D eigenvalue weighted by molar-refractivity contribution is 8.14. The van der Waals surface area contributed by atoms with Crippen molar-refractivity contribution in [2.75, 3.05) is 11.1 Å². The monoisotopic (exact) mass is 431 g/mol. The van der Waals surface area contributed by atoms with E-state index in [1.165, 1.54) is 23.9 Å². The normalized spacial score (nSPS) is 13.0. The third-order valence-corrected chi connectivity index (χ3v) is 5.97. The predicted octanol–water partition coefficient (Wildman–Crippen LogP) is 6.37. The standard InChI is InChI=1S/C25H22FN3OS/c1-16-6-5-7-17(2)25(16)29-23(30)15-31-24-14-22(18-10-12-19(26)13-11-18)27-20-8-3-4-9-21(20)28-24/h3-13H,14-15H2,1-2H3,(H,29,30). The van der Waals surface area contributed by atoms with Crippen LogP contribution < -0.4 is 5.32 Å². The summed E-state index contributed by atoms with van der Waals surface area (Å²) in [6, 6.07) is 19.9. The van der Waals surface area contributed by atoms with Crippen LogP contribution in [0.2, 0.25) is 0 Å². The van der Waals surface area contributed by atoms with E-state index in [9.17, 15) is 9.18 Å². The van der Waals surface area contributed by atoms with Crippen molar-refractivity contribution < 1.29 is 9.18 Å². The Morgan fingerprint density at radius 2 is 1.58 bits per heavy atom. The van der Waals surface area contributed by atoms with E-state index in [1.807, 2.05) is 56.3 Å². The summed E-state index contributed by atoms with van der Waals surface area (Å²) in [6.45, 7) is 3.96. The molecule has 3 aromatic rings. The molecule has 1 amide bonds. The first kappa shape index (κ1) is 21.0. The van der Waals surface area contributed by atoms with Crippen LogP contribution in [0.1, 0.15) is 23.1 Å². The summed E-state index contributed by atoms with van der Waals surface area (Å²) in [7, 11) is 0. The summed E-state index contributed by atoms with van der Waals surface area (Å²) >= 11 is 1.40. The lowest BCUT2D eigenvalue weighted by atomic mass is 10.1. The first-order valence-corrected chi connectivity index (χ1v) is 11.0. The van der Waals surface area contributed by atoms with Crippen LogP contribution in [0.3, 0.4) is 0 Å². The van der Waals surface area contributed by atoms with Gasteiger partial charge in [0.25, 0.3) is 0 Å². The van der Waals surface area contributed by atoms with Crippen LogP contribution in [0.15, 0.2) is 76.7 Å². The highest BCUT2D eigenvalue weighted by atomic mass is 32.2. The molecule has 31 heavy (non-hydrogen) atoms. The van der Waals surface area contributed by atoms with Crippen molar-refractivity contribution in [1.82, 2.24) is 0 Å². The van der Waals surface area contributed by atoms with Gasteiger partial charge in [-0.25, -0.2) is 9.38 Å². The number of amides is 1. The number of thioether (sulfide) groups is 1. The SMILES string of the molecule is Cc1cccc(C)c1NC(=O)CSC1=Nc2ccccc2N=C(c2ccc(F)cc2)C1. The van der Waals surface area contributed by atoms with Crippen LogP contribution in [0.4, 0.5) is 21.5 Å². The number of carbonyl (C=O) groups excluding carboxylic acids is 1. The minimum absolute atomic E-state index is 0.0806. The van der Waals surface area contributed by atoms with Gasteiger partial charge >= 0.3 is 0 Å². The van der Waals surface area contributed by atoms with Gasteiger partial charge in [0.2, 0.25) is 5.91 Å². The Morgan fingerprint density at radius 3 is 2.26 bits per heavy atom. The van der Waals surface area contributed by atoms with Gasteiger partial charge in [-0.15, -0.1) is 11.8 Å². The number of carbonyl (C=O) groups is 1. The van der Waals surface area contributed by atoms with E-state index in [0.717, 1.165) is 44.5 Å². The minimum Gasteiger partial charge on any atom is -0.325 e. The van der Waals surface area contributed by atoms with E-state index in [1.54, 1.807) is 12.1 Å². The second-order valence-corrected chi connectivity index (χ2v) is 8.39. The summed E-state index contributed by atoms with van der Waals surface area (Å²) in [6.07, 6.45) is 0.474. The summed E-state index contributed by atoms with van der Waals surface area (Å²) in [5, 5.41) is 3.81. The molecule has 0 aliphatic carbocycles. The maximum Gasteiger partial charge on any atom is 0.234 e. The molecule has 0 saturated heterocycles. The predicted molar refractivity (Wildman–Crippen MR) is 128 cm³/mol. The van der Waals surface area contributed by atoms with Gasteiger partial charge in [-0.3, -0.25) is 9.79 Å². The lowest BCUT2D eigenvalue weighted by Gasteiger charge is -2.12. The molecule has 156 valence electrons.